The molecule has 0 bridgehead atoms. The molecule has 1 saturated heterocycles. The first-order valence-electron chi connectivity index (χ1n) is 8.09. The van der Waals surface area contributed by atoms with Crippen molar-refractivity contribution in [1.29, 1.82) is 0 Å². The monoisotopic (exact) mass is 297 g/mol. The van der Waals surface area contributed by atoms with Crippen LogP contribution in [-0.2, 0) is 11.2 Å². The van der Waals surface area contributed by atoms with Crippen LogP contribution in [0.25, 0.3) is 0 Å². The highest BCUT2D eigenvalue weighted by atomic mass is 16.5. The molecule has 1 fully saturated rings. The normalized spacial score (nSPS) is 17.5. The fourth-order valence-electron chi connectivity index (χ4n) is 2.78. The number of anilines is 1. The zero-order valence-electron chi connectivity index (χ0n) is 12.9. The minimum absolute atomic E-state index is 0.432. The Morgan fingerprint density at radius 3 is 2.86 bits per heavy atom. The molecule has 3 rings (SSSR count). The molecule has 0 aliphatic carbocycles. The lowest BCUT2D eigenvalue weighted by Gasteiger charge is -2.10. The number of rotatable bonds is 7. The Morgan fingerprint density at radius 1 is 1.14 bits per heavy atom. The number of nitrogens with one attached hydrogen (secondary N) is 1. The quantitative estimate of drug-likeness (QED) is 0.796. The lowest BCUT2D eigenvalue weighted by molar-refractivity contribution is 0.193. The van der Waals surface area contributed by atoms with Crippen LogP contribution in [-0.4, -0.2) is 29.7 Å². The molecule has 1 atom stereocenters. The summed E-state index contributed by atoms with van der Waals surface area (Å²) in [7, 11) is 0. The van der Waals surface area contributed by atoms with Gasteiger partial charge in [-0.3, -0.25) is 0 Å². The number of benzene rings is 1. The molecule has 2 heterocycles. The number of unbranched alkanes of at least 4 members (excludes halogenated alkanes) is 1. The van der Waals surface area contributed by atoms with Crippen LogP contribution >= 0.6 is 0 Å². The minimum atomic E-state index is 0.432. The van der Waals surface area contributed by atoms with E-state index in [2.05, 4.69) is 51.7 Å². The predicted molar refractivity (Wildman–Crippen MR) is 88.1 cm³/mol. The lowest BCUT2D eigenvalue weighted by atomic mass is 10.1. The maximum absolute atomic E-state index is 5.43. The Bertz CT molecular complexity index is 568. The van der Waals surface area contributed by atoms with Crippen molar-refractivity contribution in [2.75, 3.05) is 25.1 Å². The van der Waals surface area contributed by atoms with Crippen LogP contribution in [0.4, 0.5) is 5.82 Å². The number of aryl methyl sites for hydroxylation is 1. The van der Waals surface area contributed by atoms with E-state index in [9.17, 15) is 0 Å². The third kappa shape index (κ3) is 4.28. The Labute approximate surface area is 132 Å². The molecule has 0 amide bonds. The zero-order chi connectivity index (χ0) is 15.0. The van der Waals surface area contributed by atoms with Crippen LogP contribution in [0.2, 0.25) is 0 Å². The molecule has 0 saturated carbocycles. The maximum Gasteiger partial charge on any atom is 0.129 e. The van der Waals surface area contributed by atoms with Crippen LogP contribution in [0.5, 0.6) is 0 Å². The minimum Gasteiger partial charge on any atom is -0.381 e. The first kappa shape index (κ1) is 15.0. The summed E-state index contributed by atoms with van der Waals surface area (Å²) in [5.41, 5.74) is 2.51. The van der Waals surface area contributed by atoms with E-state index in [0.717, 1.165) is 50.5 Å². The summed E-state index contributed by atoms with van der Waals surface area (Å²) >= 11 is 0. The van der Waals surface area contributed by atoms with Crippen LogP contribution in [0.3, 0.4) is 0 Å². The van der Waals surface area contributed by atoms with Crippen molar-refractivity contribution in [2.45, 2.75) is 31.6 Å². The Morgan fingerprint density at radius 2 is 2.05 bits per heavy atom. The molecule has 4 heteroatoms. The second-order valence-electron chi connectivity index (χ2n) is 5.76. The molecule has 1 N–H and O–H groups in total. The van der Waals surface area contributed by atoms with Crippen molar-refractivity contribution in [3.63, 3.8) is 0 Å². The van der Waals surface area contributed by atoms with Gasteiger partial charge in [0.15, 0.2) is 0 Å². The lowest BCUT2D eigenvalue weighted by Crippen LogP contribution is -2.07. The van der Waals surface area contributed by atoms with Gasteiger partial charge in [0, 0.05) is 25.1 Å². The van der Waals surface area contributed by atoms with Gasteiger partial charge in [0.1, 0.15) is 12.1 Å². The van der Waals surface area contributed by atoms with Gasteiger partial charge in [0.05, 0.1) is 12.3 Å². The highest BCUT2D eigenvalue weighted by Crippen LogP contribution is 2.24. The van der Waals surface area contributed by atoms with E-state index in [1.807, 2.05) is 0 Å². The molecule has 1 aliphatic rings. The summed E-state index contributed by atoms with van der Waals surface area (Å²) in [5.74, 6) is 1.36. The van der Waals surface area contributed by atoms with E-state index in [1.54, 1.807) is 6.33 Å². The van der Waals surface area contributed by atoms with Crippen LogP contribution in [0, 0.1) is 0 Å². The highest BCUT2D eigenvalue weighted by molar-refractivity contribution is 5.35. The van der Waals surface area contributed by atoms with Gasteiger partial charge in [-0.2, -0.15) is 0 Å². The van der Waals surface area contributed by atoms with E-state index in [1.165, 1.54) is 12.0 Å². The van der Waals surface area contributed by atoms with E-state index in [4.69, 9.17) is 4.74 Å². The average molecular weight is 297 g/mol. The van der Waals surface area contributed by atoms with E-state index >= 15 is 0 Å². The third-order valence-electron chi connectivity index (χ3n) is 4.08. The molecule has 116 valence electrons. The first-order chi connectivity index (χ1) is 10.9. The Kier molecular flexibility index (Phi) is 5.37. The van der Waals surface area contributed by atoms with Crippen molar-refractivity contribution in [3.8, 4) is 0 Å². The highest BCUT2D eigenvalue weighted by Gasteiger charge is 2.19. The fraction of sp³-hybridized carbons (Fsp3) is 0.444. The molecule has 1 unspecified atom stereocenters. The summed E-state index contributed by atoms with van der Waals surface area (Å²) < 4.78 is 5.43. The zero-order valence-corrected chi connectivity index (χ0v) is 12.9. The van der Waals surface area contributed by atoms with Gasteiger partial charge in [-0.05, 0) is 31.2 Å². The van der Waals surface area contributed by atoms with Crippen molar-refractivity contribution < 1.29 is 4.74 Å². The van der Waals surface area contributed by atoms with Crippen LogP contribution < -0.4 is 5.32 Å². The van der Waals surface area contributed by atoms with Crippen molar-refractivity contribution >= 4 is 5.82 Å². The summed E-state index contributed by atoms with van der Waals surface area (Å²) in [6.45, 7) is 2.58. The molecule has 1 aromatic heterocycles. The van der Waals surface area contributed by atoms with Gasteiger partial charge in [-0.15, -0.1) is 0 Å². The van der Waals surface area contributed by atoms with E-state index < -0.39 is 0 Å². The van der Waals surface area contributed by atoms with Gasteiger partial charge >= 0.3 is 0 Å². The van der Waals surface area contributed by atoms with Gasteiger partial charge in [0.2, 0.25) is 0 Å². The number of nitrogens with zero attached hydrogens (tertiary/aromatic N) is 2. The molecule has 1 aliphatic heterocycles. The van der Waals surface area contributed by atoms with E-state index in [-0.39, 0.29) is 0 Å². The molecule has 1 aromatic carbocycles. The molecule has 4 nitrogen and oxygen atoms in total. The summed E-state index contributed by atoms with van der Waals surface area (Å²) in [5, 5.41) is 3.40. The molecule has 22 heavy (non-hydrogen) atoms. The third-order valence-corrected chi connectivity index (χ3v) is 4.08. The Hall–Kier alpha value is -1.94. The largest absolute Gasteiger partial charge is 0.381 e. The van der Waals surface area contributed by atoms with Gasteiger partial charge in [-0.25, -0.2) is 9.97 Å². The smallest absolute Gasteiger partial charge is 0.129 e. The number of hydrogen-bond donors (Lipinski definition) is 1. The van der Waals surface area contributed by atoms with Crippen molar-refractivity contribution in [2.24, 2.45) is 0 Å². The van der Waals surface area contributed by atoms with E-state index in [0.29, 0.717) is 5.92 Å². The molecule has 0 spiro atoms. The second-order valence-corrected chi connectivity index (χ2v) is 5.76. The predicted octanol–water partition coefficient (Wildman–Crippen LogP) is 3.42. The van der Waals surface area contributed by atoms with Crippen LogP contribution in [0.15, 0.2) is 42.7 Å². The second kappa shape index (κ2) is 7.90. The summed E-state index contributed by atoms with van der Waals surface area (Å²) in [6, 6.07) is 12.7. The molecular weight excluding hydrogens is 274 g/mol. The maximum atomic E-state index is 5.43. The molecular formula is C18H23N3O. The van der Waals surface area contributed by atoms with Gasteiger partial charge in [-0.1, -0.05) is 30.3 Å². The van der Waals surface area contributed by atoms with Gasteiger partial charge < -0.3 is 10.1 Å². The molecule has 2 aromatic rings. The standard InChI is InChI=1S/C18H23N3O/c1-2-6-15(7-3-1)8-4-5-10-19-18-12-17(20-14-21-18)16-9-11-22-13-16/h1-3,6-7,12,14,16H,4-5,8-11,13H2,(H,19,20,21). The summed E-state index contributed by atoms with van der Waals surface area (Å²) in [4.78, 5) is 8.68. The molecule has 0 radical (unpaired) electrons. The summed E-state index contributed by atoms with van der Waals surface area (Å²) in [6.07, 6.45) is 6.18. The SMILES string of the molecule is c1ccc(CCCCNc2cc(C3CCOC3)ncn2)cc1. The van der Waals surface area contributed by atoms with Crippen molar-refractivity contribution in [1.82, 2.24) is 9.97 Å². The van der Waals surface area contributed by atoms with Crippen LogP contribution in [0.1, 0.15) is 36.4 Å². The first-order valence-corrected chi connectivity index (χ1v) is 8.09. The number of hydrogen-bond acceptors (Lipinski definition) is 4. The average Bonchev–Trinajstić information content (AvgIpc) is 3.10. The van der Waals surface area contributed by atoms with Crippen molar-refractivity contribution in [3.05, 3.63) is 54.0 Å². The fourth-order valence-corrected chi connectivity index (χ4v) is 2.78. The number of aromatic nitrogens is 2. The number of ether oxygens (including phenoxy) is 1. The topological polar surface area (TPSA) is 47.0 Å². The Balaban J connectivity index is 1.41. The van der Waals surface area contributed by atoms with Gasteiger partial charge in [0.25, 0.3) is 0 Å².